The van der Waals surface area contributed by atoms with Crippen molar-refractivity contribution >= 4 is 93.8 Å². The van der Waals surface area contributed by atoms with Gasteiger partial charge >= 0.3 is 0 Å². The zero-order valence-corrected chi connectivity index (χ0v) is 75.2. The van der Waals surface area contributed by atoms with Crippen molar-refractivity contribution in [2.24, 2.45) is 0 Å². The van der Waals surface area contributed by atoms with E-state index in [1.54, 1.807) is 0 Å². The van der Waals surface area contributed by atoms with Gasteiger partial charge in [-0.25, -0.2) is 0 Å². The topological polar surface area (TPSA) is 62.7 Å². The average Bonchev–Trinajstić information content (AvgIpc) is 0.811. The maximum Gasteiger partial charge on any atom is 0.232 e. The number of aryl methyl sites for hydroxylation is 1. The molecule has 1 aromatic heterocycles. The van der Waals surface area contributed by atoms with Crippen LogP contribution in [0.5, 0.6) is 0 Å². The third-order valence-electron chi connectivity index (χ3n) is 21.3. The number of anilines is 4. The number of unbranched alkanes of at least 4 members (excludes halogenated alkanes) is 54. The highest BCUT2D eigenvalue weighted by Gasteiger charge is 2.19. The molecular formula is C95H165N5S6. The van der Waals surface area contributed by atoms with Crippen LogP contribution in [0.25, 0.3) is 11.4 Å². The molecule has 1 heterocycles. The van der Waals surface area contributed by atoms with Crippen LogP contribution in [-0.2, 0) is 6.42 Å². The molecule has 0 aliphatic carbocycles. The number of nitrogens with one attached hydrogen (secondary N) is 2. The summed E-state index contributed by atoms with van der Waals surface area (Å²) in [6, 6.07) is 18.8. The third kappa shape index (κ3) is 50.5. The maximum atomic E-state index is 5.41. The van der Waals surface area contributed by atoms with Crippen LogP contribution >= 0.6 is 70.6 Å². The lowest BCUT2D eigenvalue weighted by atomic mass is 10.1. The molecule has 0 fully saturated rings. The van der Waals surface area contributed by atoms with Gasteiger partial charge in [-0.3, -0.25) is 0 Å². The van der Waals surface area contributed by atoms with Crippen molar-refractivity contribution in [1.82, 2.24) is 15.0 Å². The molecule has 0 aliphatic rings. The molecular weight excluding hydrogens is 1400 g/mol. The summed E-state index contributed by atoms with van der Waals surface area (Å²) in [6.45, 7) is 16.2. The van der Waals surface area contributed by atoms with Crippen LogP contribution in [0.3, 0.4) is 0 Å². The Labute approximate surface area is 683 Å². The molecule has 0 amide bonds. The Morgan fingerprint density at radius 1 is 0.226 bits per heavy atom. The molecule has 106 heavy (non-hydrogen) atoms. The number of benzene rings is 3. The number of hydrogen-bond acceptors (Lipinski definition) is 11. The second-order valence-corrected chi connectivity index (χ2v) is 38.1. The fraction of sp³-hybridized carbons (Fsp3) is 0.779. The highest BCUT2D eigenvalue weighted by molar-refractivity contribution is 8.04. The molecule has 2 N–H and O–H groups in total. The van der Waals surface area contributed by atoms with Crippen molar-refractivity contribution in [3.8, 4) is 11.4 Å². The molecule has 11 heteroatoms. The molecule has 4 rings (SSSR count). The summed E-state index contributed by atoms with van der Waals surface area (Å²) in [5, 5.41) is 7.87. The lowest BCUT2D eigenvalue weighted by molar-refractivity contribution is 0.563. The second-order valence-electron chi connectivity index (χ2n) is 31.4. The standard InChI is InChI=1S/C95H165N5S6/c1-8-15-21-27-33-39-45-51-57-63-73-101-87-79-85(80-88(102-74-64-58-52-46-40-34-28-22-16-9-2)91(87)105-77-67-61-55-49-43-37-31-25-19-12-5)96-94-98-93(84-71-69-83(14-7)70-72-84)99-95(100-94)97-86-81-89(103-75-65-59-53-47-41-35-29-23-17-10-3)92(106-78-68-62-56-50-44-38-32-26-20-13-6)90(82-86)104-76-66-60-54-48-42-36-30-24-18-11-4/h69-72,79-82H,8-68,73-78H2,1-7H3,(H2,96,97,98,99,100). The van der Waals surface area contributed by atoms with Crippen molar-refractivity contribution < 1.29 is 0 Å². The molecule has 0 bridgehead atoms. The van der Waals surface area contributed by atoms with E-state index in [0.29, 0.717) is 17.7 Å². The quantitative estimate of drug-likeness (QED) is 0.0328. The van der Waals surface area contributed by atoms with Crippen LogP contribution in [-0.4, -0.2) is 49.5 Å². The summed E-state index contributed by atoms with van der Waals surface area (Å²) < 4.78 is 0. The van der Waals surface area contributed by atoms with Gasteiger partial charge in [0, 0.05) is 46.3 Å². The fourth-order valence-corrected chi connectivity index (χ4v) is 21.9. The van der Waals surface area contributed by atoms with Crippen LogP contribution in [0.4, 0.5) is 23.3 Å². The van der Waals surface area contributed by atoms with Gasteiger partial charge in [0.2, 0.25) is 11.9 Å². The Balaban J connectivity index is 1.74. The Bertz CT molecular complexity index is 2370. The van der Waals surface area contributed by atoms with E-state index in [4.69, 9.17) is 15.0 Å². The van der Waals surface area contributed by atoms with Crippen LogP contribution in [0, 0.1) is 0 Å². The molecule has 0 atom stereocenters. The summed E-state index contributed by atoms with van der Waals surface area (Å²) in [7, 11) is 0. The number of hydrogen-bond donors (Lipinski definition) is 2. The van der Waals surface area contributed by atoms with Crippen LogP contribution in [0.2, 0.25) is 0 Å². The minimum atomic E-state index is 0.601. The van der Waals surface area contributed by atoms with Gasteiger partial charge in [0.25, 0.3) is 0 Å². The average molecular weight is 1570 g/mol. The predicted molar refractivity (Wildman–Crippen MR) is 489 cm³/mol. The molecule has 0 spiro atoms. The van der Waals surface area contributed by atoms with E-state index in [1.165, 1.54) is 432 Å². The monoisotopic (exact) mass is 1570 g/mol. The van der Waals surface area contributed by atoms with Crippen LogP contribution < -0.4 is 10.6 Å². The molecule has 0 radical (unpaired) electrons. The first-order chi connectivity index (χ1) is 52.5. The van der Waals surface area contributed by atoms with Crippen molar-refractivity contribution in [2.75, 3.05) is 45.2 Å². The smallest absolute Gasteiger partial charge is 0.232 e. The number of thioether (sulfide) groups is 6. The van der Waals surface area contributed by atoms with Crippen LogP contribution in [0.15, 0.2) is 77.9 Å². The van der Waals surface area contributed by atoms with Gasteiger partial charge in [0.1, 0.15) is 0 Å². The van der Waals surface area contributed by atoms with Gasteiger partial charge < -0.3 is 10.6 Å². The number of aromatic nitrogens is 3. The Hall–Kier alpha value is -1.63. The van der Waals surface area contributed by atoms with Crippen LogP contribution in [0.1, 0.15) is 439 Å². The molecule has 0 unspecified atom stereocenters. The van der Waals surface area contributed by atoms with Gasteiger partial charge in [0.05, 0.1) is 0 Å². The van der Waals surface area contributed by atoms with Gasteiger partial charge in [-0.1, -0.05) is 419 Å². The number of nitrogens with zero attached hydrogens (tertiary/aromatic N) is 3. The highest BCUT2D eigenvalue weighted by atomic mass is 32.2. The molecule has 4 aromatic rings. The molecule has 606 valence electrons. The van der Waals surface area contributed by atoms with E-state index in [2.05, 4.69) is 178 Å². The normalized spacial score (nSPS) is 11.7. The van der Waals surface area contributed by atoms with Crippen molar-refractivity contribution in [3.05, 3.63) is 54.1 Å². The summed E-state index contributed by atoms with van der Waals surface area (Å²) in [6.07, 6.45) is 83.2. The molecule has 0 aliphatic heterocycles. The van der Waals surface area contributed by atoms with E-state index >= 15 is 0 Å². The fourth-order valence-electron chi connectivity index (χ4n) is 14.4. The predicted octanol–water partition coefficient (Wildman–Crippen LogP) is 35.7. The molecule has 5 nitrogen and oxygen atoms in total. The molecule has 0 saturated heterocycles. The Morgan fingerprint density at radius 2 is 0.425 bits per heavy atom. The zero-order valence-electron chi connectivity index (χ0n) is 70.3. The Kier molecular flexibility index (Phi) is 65.0. The SMILES string of the molecule is CCCCCCCCCCCCSc1cc(Nc2nc(Nc3cc(SCCCCCCCCCCCC)c(SCCCCCCCCCCCC)c(SCCCCCCCCCCCC)c3)nc(-c3ccc(CC)cc3)n2)cc(SCCCCCCCCCCCC)c1SCCCCCCCCCCCC. The summed E-state index contributed by atoms with van der Waals surface area (Å²) >= 11 is 12.8. The highest BCUT2D eigenvalue weighted by Crippen LogP contribution is 2.45. The first-order valence-electron chi connectivity index (χ1n) is 46.0. The first-order valence-corrected chi connectivity index (χ1v) is 51.9. The summed E-state index contributed by atoms with van der Waals surface area (Å²) in [5.41, 5.74) is 4.51. The minimum Gasteiger partial charge on any atom is -0.324 e. The van der Waals surface area contributed by atoms with Crippen molar-refractivity contribution in [2.45, 2.75) is 470 Å². The molecule has 3 aromatic carbocycles. The van der Waals surface area contributed by atoms with Gasteiger partial charge in [0.15, 0.2) is 5.82 Å². The zero-order chi connectivity index (χ0) is 75.3. The van der Waals surface area contributed by atoms with Gasteiger partial charge in [-0.2, -0.15) is 15.0 Å². The van der Waals surface area contributed by atoms with E-state index in [0.717, 1.165) is 46.4 Å². The maximum absolute atomic E-state index is 5.41. The van der Waals surface area contributed by atoms with Crippen molar-refractivity contribution in [1.29, 1.82) is 0 Å². The van der Waals surface area contributed by atoms with Crippen molar-refractivity contribution in [3.63, 3.8) is 0 Å². The summed E-state index contributed by atoms with van der Waals surface area (Å²) in [4.78, 5) is 24.9. The van der Waals surface area contributed by atoms with E-state index in [1.807, 2.05) is 0 Å². The van der Waals surface area contributed by atoms with E-state index < -0.39 is 0 Å². The minimum absolute atomic E-state index is 0.601. The second kappa shape index (κ2) is 71.2. The largest absolute Gasteiger partial charge is 0.324 e. The van der Waals surface area contributed by atoms with Gasteiger partial charge in [-0.15, -0.1) is 70.6 Å². The summed E-state index contributed by atoms with van der Waals surface area (Å²) in [5.74, 6) is 8.89. The Morgan fingerprint density at radius 3 is 0.632 bits per heavy atom. The molecule has 0 saturated carbocycles. The lowest BCUT2D eigenvalue weighted by Gasteiger charge is -2.19. The van der Waals surface area contributed by atoms with E-state index in [-0.39, 0.29) is 0 Å². The lowest BCUT2D eigenvalue weighted by Crippen LogP contribution is -2.06. The number of rotatable bonds is 78. The third-order valence-corrected chi connectivity index (χ3v) is 28.8. The first kappa shape index (κ1) is 96.7. The van der Waals surface area contributed by atoms with Gasteiger partial charge in [-0.05, 0) is 109 Å². The van der Waals surface area contributed by atoms with E-state index in [9.17, 15) is 0 Å².